The largest absolute Gasteiger partial charge is 0.467 e. The van der Waals surface area contributed by atoms with Crippen molar-refractivity contribution in [1.29, 1.82) is 0 Å². The number of esters is 1. The van der Waals surface area contributed by atoms with E-state index in [1.807, 2.05) is 0 Å². The molecule has 0 spiro atoms. The van der Waals surface area contributed by atoms with E-state index in [4.69, 9.17) is 11.6 Å². The maximum absolute atomic E-state index is 10.8. The van der Waals surface area contributed by atoms with Crippen molar-refractivity contribution in [3.05, 3.63) is 11.4 Å². The lowest BCUT2D eigenvalue weighted by atomic mass is 10.3. The van der Waals surface area contributed by atoms with Crippen molar-refractivity contribution in [3.8, 4) is 0 Å². The molecule has 0 radical (unpaired) electrons. The average Bonchev–Trinajstić information content (AvgIpc) is 2.05. The summed E-state index contributed by atoms with van der Waals surface area (Å²) in [6, 6.07) is -0.512. The van der Waals surface area contributed by atoms with Crippen molar-refractivity contribution in [2.45, 2.75) is 6.04 Å². The lowest BCUT2D eigenvalue weighted by Gasteiger charge is -2.12. The zero-order valence-electron chi connectivity index (χ0n) is 5.87. The van der Waals surface area contributed by atoms with Crippen LogP contribution in [-0.2, 0) is 9.53 Å². The number of methoxy groups -OCH3 is 1. The summed E-state index contributed by atoms with van der Waals surface area (Å²) in [7, 11) is 1.32. The third kappa shape index (κ3) is 1.94. The third-order valence-electron chi connectivity index (χ3n) is 1.18. The highest BCUT2D eigenvalue weighted by atomic mass is 35.5. The monoisotopic (exact) mass is 174 g/mol. The summed E-state index contributed by atoms with van der Waals surface area (Å²) in [6.45, 7) is 0. The van der Waals surface area contributed by atoms with E-state index in [-0.39, 0.29) is 5.97 Å². The van der Waals surface area contributed by atoms with E-state index in [1.165, 1.54) is 19.5 Å². The van der Waals surface area contributed by atoms with Crippen molar-refractivity contribution >= 4 is 23.8 Å². The minimum Gasteiger partial charge on any atom is -0.467 e. The van der Waals surface area contributed by atoms with Crippen LogP contribution in [0.4, 0.5) is 0 Å². The third-order valence-corrected chi connectivity index (χ3v) is 1.39. The van der Waals surface area contributed by atoms with E-state index in [0.717, 1.165) is 0 Å². The molecule has 11 heavy (non-hydrogen) atoms. The standard InChI is InChI=1S/C6H7ClN2O2/c1-11-6(10)4-2-9-5(7)3-8-4/h2-4,8H,1H3. The average molecular weight is 175 g/mol. The van der Waals surface area contributed by atoms with Crippen molar-refractivity contribution in [2.75, 3.05) is 7.11 Å². The first-order valence-electron chi connectivity index (χ1n) is 2.98. The zero-order chi connectivity index (χ0) is 8.27. The van der Waals surface area contributed by atoms with Gasteiger partial charge in [-0.05, 0) is 0 Å². The number of nitrogens with one attached hydrogen (secondary N) is 1. The molecule has 0 saturated heterocycles. The van der Waals surface area contributed by atoms with E-state index in [2.05, 4.69) is 15.0 Å². The molecule has 60 valence electrons. The van der Waals surface area contributed by atoms with Crippen molar-refractivity contribution < 1.29 is 9.53 Å². The molecule has 0 saturated carbocycles. The van der Waals surface area contributed by atoms with Gasteiger partial charge < -0.3 is 10.1 Å². The Morgan fingerprint density at radius 2 is 2.64 bits per heavy atom. The minimum atomic E-state index is -0.512. The number of nitrogens with zero attached hydrogens (tertiary/aromatic N) is 1. The number of ether oxygens (including phenoxy) is 1. The van der Waals surface area contributed by atoms with Crippen molar-refractivity contribution in [1.82, 2.24) is 5.32 Å². The van der Waals surface area contributed by atoms with Gasteiger partial charge in [0.25, 0.3) is 0 Å². The molecule has 0 amide bonds. The summed E-state index contributed by atoms with van der Waals surface area (Å²) in [5.41, 5.74) is 0. The molecule has 1 N–H and O–H groups in total. The van der Waals surface area contributed by atoms with Crippen LogP contribution in [0.2, 0.25) is 0 Å². The molecular weight excluding hydrogens is 168 g/mol. The fourth-order valence-corrected chi connectivity index (χ4v) is 0.760. The Hall–Kier alpha value is -1.03. The second-order valence-corrected chi connectivity index (χ2v) is 2.30. The van der Waals surface area contributed by atoms with Crippen LogP contribution in [0, 0.1) is 0 Å². The number of aliphatic imine (C=N–C) groups is 1. The van der Waals surface area contributed by atoms with Gasteiger partial charge in [0.05, 0.1) is 7.11 Å². The number of hydrogen-bond acceptors (Lipinski definition) is 4. The molecule has 0 aromatic rings. The fraction of sp³-hybridized carbons (Fsp3) is 0.333. The Morgan fingerprint density at radius 3 is 3.09 bits per heavy atom. The maximum Gasteiger partial charge on any atom is 0.333 e. The topological polar surface area (TPSA) is 50.7 Å². The first-order valence-corrected chi connectivity index (χ1v) is 3.35. The molecule has 0 aliphatic carbocycles. The lowest BCUT2D eigenvalue weighted by molar-refractivity contribution is -0.140. The van der Waals surface area contributed by atoms with Gasteiger partial charge in [0.15, 0.2) is 6.04 Å². The normalized spacial score (nSPS) is 22.0. The molecular formula is C6H7ClN2O2. The van der Waals surface area contributed by atoms with E-state index in [0.29, 0.717) is 5.16 Å². The number of carbonyl (C=O) groups is 1. The van der Waals surface area contributed by atoms with Gasteiger partial charge in [-0.1, -0.05) is 11.6 Å². The molecule has 0 bridgehead atoms. The summed E-state index contributed by atoms with van der Waals surface area (Å²) < 4.78 is 4.46. The molecule has 4 nitrogen and oxygen atoms in total. The first kappa shape index (κ1) is 8.07. The highest BCUT2D eigenvalue weighted by Crippen LogP contribution is 2.04. The number of hydrogen-bond donors (Lipinski definition) is 1. The molecule has 5 heteroatoms. The van der Waals surface area contributed by atoms with Crippen LogP contribution < -0.4 is 5.32 Å². The van der Waals surface area contributed by atoms with E-state index < -0.39 is 6.04 Å². The Labute approximate surface area is 68.9 Å². The van der Waals surface area contributed by atoms with Crippen LogP contribution in [0.1, 0.15) is 0 Å². The lowest BCUT2D eigenvalue weighted by Crippen LogP contribution is -2.37. The summed E-state index contributed by atoms with van der Waals surface area (Å²) in [6.07, 6.45) is 2.84. The molecule has 1 aliphatic rings. The second kappa shape index (κ2) is 3.39. The predicted octanol–water partition coefficient (Wildman–Crippen LogP) is 0.240. The van der Waals surface area contributed by atoms with Gasteiger partial charge in [-0.25, -0.2) is 9.79 Å². The van der Waals surface area contributed by atoms with Crippen LogP contribution in [0.15, 0.2) is 16.3 Å². The van der Waals surface area contributed by atoms with Gasteiger partial charge in [-0.3, -0.25) is 0 Å². The van der Waals surface area contributed by atoms with Gasteiger partial charge in [0, 0.05) is 12.4 Å². The molecule has 0 fully saturated rings. The van der Waals surface area contributed by atoms with Gasteiger partial charge in [-0.2, -0.15) is 0 Å². The maximum atomic E-state index is 10.8. The Kier molecular flexibility index (Phi) is 2.48. The SMILES string of the molecule is COC(=O)C1C=NC(Cl)=CN1. The summed E-state index contributed by atoms with van der Waals surface area (Å²) in [5.74, 6) is -0.380. The molecule has 1 atom stereocenters. The molecule has 1 rings (SSSR count). The Bertz CT molecular complexity index is 225. The van der Waals surface area contributed by atoms with Gasteiger partial charge in [0.2, 0.25) is 0 Å². The van der Waals surface area contributed by atoms with Crippen LogP contribution >= 0.6 is 11.6 Å². The van der Waals surface area contributed by atoms with Crippen LogP contribution in [0.5, 0.6) is 0 Å². The van der Waals surface area contributed by atoms with Crippen molar-refractivity contribution in [3.63, 3.8) is 0 Å². The van der Waals surface area contributed by atoms with Gasteiger partial charge in [-0.15, -0.1) is 0 Å². The van der Waals surface area contributed by atoms with E-state index >= 15 is 0 Å². The summed E-state index contributed by atoms with van der Waals surface area (Å²) in [4.78, 5) is 14.5. The first-order chi connectivity index (χ1) is 5.24. The van der Waals surface area contributed by atoms with Gasteiger partial charge >= 0.3 is 5.97 Å². The summed E-state index contributed by atoms with van der Waals surface area (Å²) in [5, 5.41) is 3.03. The molecule has 0 aromatic heterocycles. The van der Waals surface area contributed by atoms with Crippen LogP contribution in [0.25, 0.3) is 0 Å². The number of rotatable bonds is 1. The zero-order valence-corrected chi connectivity index (χ0v) is 6.63. The Balaban J connectivity index is 2.55. The van der Waals surface area contributed by atoms with Gasteiger partial charge in [0.1, 0.15) is 5.16 Å². The molecule has 1 heterocycles. The summed E-state index contributed by atoms with van der Waals surface area (Å²) >= 11 is 5.48. The molecule has 1 unspecified atom stereocenters. The quantitative estimate of drug-likeness (QED) is 0.458. The fourth-order valence-electron chi connectivity index (χ4n) is 0.640. The van der Waals surface area contributed by atoms with Crippen molar-refractivity contribution in [2.24, 2.45) is 4.99 Å². The number of carbonyl (C=O) groups excluding carboxylic acids is 1. The second-order valence-electron chi connectivity index (χ2n) is 1.91. The van der Waals surface area contributed by atoms with E-state index in [9.17, 15) is 4.79 Å². The van der Waals surface area contributed by atoms with E-state index in [1.54, 1.807) is 0 Å². The van der Waals surface area contributed by atoms with Crippen LogP contribution in [0.3, 0.4) is 0 Å². The van der Waals surface area contributed by atoms with Crippen LogP contribution in [-0.4, -0.2) is 25.3 Å². The molecule has 0 aromatic carbocycles. The highest BCUT2D eigenvalue weighted by molar-refractivity contribution is 6.30. The Morgan fingerprint density at radius 1 is 1.91 bits per heavy atom. The smallest absolute Gasteiger partial charge is 0.333 e. The number of halogens is 1. The predicted molar refractivity (Wildman–Crippen MR) is 41.4 cm³/mol. The minimum absolute atomic E-state index is 0.324. The molecule has 1 aliphatic heterocycles. The highest BCUT2D eigenvalue weighted by Gasteiger charge is 2.16.